The van der Waals surface area contributed by atoms with Gasteiger partial charge in [0.05, 0.1) is 18.5 Å². The van der Waals surface area contributed by atoms with Crippen LogP contribution in [-0.2, 0) is 11.2 Å². The fourth-order valence-corrected chi connectivity index (χ4v) is 3.03. The Morgan fingerprint density at radius 3 is 2.68 bits per heavy atom. The van der Waals surface area contributed by atoms with Gasteiger partial charge in [-0.1, -0.05) is 18.2 Å². The first-order valence-corrected chi connectivity index (χ1v) is 9.20. The lowest BCUT2D eigenvalue weighted by Gasteiger charge is -2.17. The SMILES string of the molecule is COc1ccc(-c2cccc(OCc3c(C)cccc3N(N)P=O)n2)c(F)c1. The first-order chi connectivity index (χ1) is 13.5. The van der Waals surface area contributed by atoms with Crippen molar-refractivity contribution in [3.05, 3.63) is 71.5 Å². The molecule has 0 unspecified atom stereocenters. The zero-order valence-electron chi connectivity index (χ0n) is 15.4. The number of aromatic nitrogens is 1. The van der Waals surface area contributed by atoms with Crippen LogP contribution in [0, 0.1) is 12.7 Å². The molecule has 0 saturated carbocycles. The van der Waals surface area contributed by atoms with Gasteiger partial charge in [0.15, 0.2) is 0 Å². The molecule has 8 heteroatoms. The summed E-state index contributed by atoms with van der Waals surface area (Å²) in [6.07, 6.45) is 0. The van der Waals surface area contributed by atoms with Gasteiger partial charge in [-0.25, -0.2) is 24.6 Å². The number of halogens is 1. The summed E-state index contributed by atoms with van der Waals surface area (Å²) in [6.45, 7) is 2.08. The van der Waals surface area contributed by atoms with Crippen LogP contribution in [-0.4, -0.2) is 12.1 Å². The molecule has 0 aliphatic rings. The zero-order chi connectivity index (χ0) is 20.1. The molecule has 2 aromatic carbocycles. The molecular formula is C20H19FN3O3P. The fraction of sp³-hybridized carbons (Fsp3) is 0.150. The van der Waals surface area contributed by atoms with E-state index in [1.807, 2.05) is 19.1 Å². The number of hydrazine groups is 1. The number of nitrogens with zero attached hydrogens (tertiary/aromatic N) is 2. The van der Waals surface area contributed by atoms with Gasteiger partial charge in [0.25, 0.3) is 8.61 Å². The second kappa shape index (κ2) is 8.78. The third-order valence-electron chi connectivity index (χ3n) is 4.26. The van der Waals surface area contributed by atoms with Gasteiger partial charge in [-0.3, -0.25) is 0 Å². The lowest BCUT2D eigenvalue weighted by molar-refractivity contribution is 0.294. The predicted octanol–water partition coefficient (Wildman–Crippen LogP) is 4.67. The van der Waals surface area contributed by atoms with Gasteiger partial charge in [-0.2, -0.15) is 0 Å². The van der Waals surface area contributed by atoms with Gasteiger partial charge in [-0.15, -0.1) is 0 Å². The minimum atomic E-state index is -0.432. The number of hydrogen-bond acceptors (Lipinski definition) is 5. The molecular weight excluding hydrogens is 380 g/mol. The van der Waals surface area contributed by atoms with Crippen LogP contribution in [0.25, 0.3) is 11.3 Å². The van der Waals surface area contributed by atoms with Crippen LogP contribution < -0.4 is 20.1 Å². The lowest BCUT2D eigenvalue weighted by Crippen LogP contribution is -2.21. The number of ether oxygens (including phenoxy) is 2. The number of nitrogens with two attached hydrogens (primary N) is 1. The minimum Gasteiger partial charge on any atom is -0.497 e. The highest BCUT2D eigenvalue weighted by Crippen LogP contribution is 2.28. The number of benzene rings is 2. The largest absolute Gasteiger partial charge is 0.497 e. The van der Waals surface area contributed by atoms with E-state index < -0.39 is 5.82 Å². The highest BCUT2D eigenvalue weighted by Gasteiger charge is 2.13. The van der Waals surface area contributed by atoms with E-state index in [0.717, 1.165) is 15.9 Å². The number of rotatable bonds is 7. The second-order valence-electron chi connectivity index (χ2n) is 5.99. The molecule has 0 bridgehead atoms. The Hall–Kier alpha value is -3.02. The van der Waals surface area contributed by atoms with E-state index in [2.05, 4.69) is 4.98 Å². The maximum absolute atomic E-state index is 14.3. The summed E-state index contributed by atoms with van der Waals surface area (Å²) in [4.78, 5) is 4.39. The highest BCUT2D eigenvalue weighted by molar-refractivity contribution is 7.25. The normalized spacial score (nSPS) is 10.7. The molecule has 28 heavy (non-hydrogen) atoms. The van der Waals surface area contributed by atoms with Crippen molar-refractivity contribution in [2.75, 3.05) is 11.9 Å². The van der Waals surface area contributed by atoms with Crippen LogP contribution in [0.5, 0.6) is 11.6 Å². The monoisotopic (exact) mass is 399 g/mol. The summed E-state index contributed by atoms with van der Waals surface area (Å²) >= 11 is 0. The van der Waals surface area contributed by atoms with E-state index in [4.69, 9.17) is 15.3 Å². The molecule has 3 rings (SSSR count). The Labute approximate surface area is 163 Å². The van der Waals surface area contributed by atoms with Crippen molar-refractivity contribution in [1.82, 2.24) is 4.98 Å². The molecule has 0 aliphatic heterocycles. The summed E-state index contributed by atoms with van der Waals surface area (Å²) in [5, 5.41) is 0. The molecule has 0 saturated heterocycles. The molecule has 0 spiro atoms. The zero-order valence-corrected chi connectivity index (χ0v) is 16.3. The number of hydrogen-bond donors (Lipinski definition) is 1. The third kappa shape index (κ3) is 4.27. The molecule has 6 nitrogen and oxygen atoms in total. The average molecular weight is 399 g/mol. The minimum absolute atomic E-state index is 0.173. The van der Waals surface area contributed by atoms with Crippen molar-refractivity contribution in [2.24, 2.45) is 5.84 Å². The first kappa shape index (κ1) is 19.7. The van der Waals surface area contributed by atoms with E-state index in [-0.39, 0.29) is 15.2 Å². The number of methoxy groups -OCH3 is 1. The second-order valence-corrected chi connectivity index (χ2v) is 6.59. The smallest absolute Gasteiger partial charge is 0.297 e. The van der Waals surface area contributed by atoms with Crippen LogP contribution in [0.3, 0.4) is 0 Å². The summed E-state index contributed by atoms with van der Waals surface area (Å²) in [5.74, 6) is 6.10. The van der Waals surface area contributed by atoms with Gasteiger partial charge in [0.1, 0.15) is 18.2 Å². The van der Waals surface area contributed by atoms with Crippen LogP contribution >= 0.6 is 8.61 Å². The first-order valence-electron chi connectivity index (χ1n) is 8.44. The van der Waals surface area contributed by atoms with Crippen molar-refractivity contribution in [1.29, 1.82) is 0 Å². The van der Waals surface area contributed by atoms with Crippen molar-refractivity contribution in [3.63, 3.8) is 0 Å². The summed E-state index contributed by atoms with van der Waals surface area (Å²) < 4.78 is 37.4. The summed E-state index contributed by atoms with van der Waals surface area (Å²) in [6, 6.07) is 15.2. The summed E-state index contributed by atoms with van der Waals surface area (Å²) in [5.41, 5.74) is 3.11. The standard InChI is InChI=1S/C20H19FN3O3P/c1-13-5-3-7-19(24(22)28-25)16(13)12-27-20-8-4-6-18(23-20)15-10-9-14(26-2)11-17(15)21/h3-11H,12,22H2,1-2H3. The fourth-order valence-electron chi connectivity index (χ4n) is 2.76. The quantitative estimate of drug-likeness (QED) is 0.353. The molecule has 0 aliphatic carbocycles. The maximum Gasteiger partial charge on any atom is 0.297 e. The maximum atomic E-state index is 14.3. The van der Waals surface area contributed by atoms with Crippen molar-refractivity contribution in [3.8, 4) is 22.9 Å². The molecule has 0 amide bonds. The Morgan fingerprint density at radius 1 is 1.18 bits per heavy atom. The van der Waals surface area contributed by atoms with E-state index in [1.165, 1.54) is 13.2 Å². The van der Waals surface area contributed by atoms with Gasteiger partial charge in [0.2, 0.25) is 5.88 Å². The predicted molar refractivity (Wildman–Crippen MR) is 106 cm³/mol. The Kier molecular flexibility index (Phi) is 6.19. The van der Waals surface area contributed by atoms with Gasteiger partial charge < -0.3 is 9.47 Å². The molecule has 0 atom stereocenters. The van der Waals surface area contributed by atoms with E-state index in [1.54, 1.807) is 36.4 Å². The molecule has 1 aromatic heterocycles. The summed E-state index contributed by atoms with van der Waals surface area (Å²) in [7, 11) is 1.16. The lowest BCUT2D eigenvalue weighted by atomic mass is 10.1. The van der Waals surface area contributed by atoms with Gasteiger partial charge in [-0.05, 0) is 36.8 Å². The molecule has 144 valence electrons. The number of pyridine rings is 1. The van der Waals surface area contributed by atoms with Crippen LogP contribution in [0.15, 0.2) is 54.6 Å². The van der Waals surface area contributed by atoms with Gasteiger partial charge in [0, 0.05) is 23.3 Å². The molecule has 0 fully saturated rings. The molecule has 1 heterocycles. The van der Waals surface area contributed by atoms with Crippen molar-refractivity contribution < 1.29 is 18.4 Å². The third-order valence-corrected chi connectivity index (χ3v) is 4.65. The molecule has 2 N–H and O–H groups in total. The number of aryl methyl sites for hydroxylation is 1. The van der Waals surface area contributed by atoms with Crippen molar-refractivity contribution >= 4 is 14.3 Å². The topological polar surface area (TPSA) is 77.7 Å². The van der Waals surface area contributed by atoms with Crippen molar-refractivity contribution in [2.45, 2.75) is 13.5 Å². The van der Waals surface area contributed by atoms with Crippen LogP contribution in [0.4, 0.5) is 10.1 Å². The Morgan fingerprint density at radius 2 is 1.96 bits per heavy atom. The molecule has 3 aromatic rings. The highest BCUT2D eigenvalue weighted by atomic mass is 31.1. The van der Waals surface area contributed by atoms with Crippen LogP contribution in [0.1, 0.15) is 11.1 Å². The van der Waals surface area contributed by atoms with Gasteiger partial charge >= 0.3 is 0 Å². The Balaban J connectivity index is 1.84. The van der Waals surface area contributed by atoms with E-state index in [0.29, 0.717) is 28.6 Å². The van der Waals surface area contributed by atoms with E-state index >= 15 is 0 Å². The Bertz CT molecular complexity index is 1000. The molecule has 0 radical (unpaired) electrons. The van der Waals surface area contributed by atoms with Crippen LogP contribution in [0.2, 0.25) is 0 Å². The van der Waals surface area contributed by atoms with E-state index in [9.17, 15) is 8.96 Å². The average Bonchev–Trinajstić information content (AvgIpc) is 2.72. The number of anilines is 1.